The number of rotatable bonds is 5. The molecule has 0 radical (unpaired) electrons. The Kier molecular flexibility index (Phi) is 14.4. The van der Waals surface area contributed by atoms with E-state index in [1.165, 1.54) is 5.56 Å². The predicted octanol–water partition coefficient (Wildman–Crippen LogP) is 6.38. The second kappa shape index (κ2) is 17.7. The first-order valence-corrected chi connectivity index (χ1v) is 14.6. The maximum Gasteiger partial charge on any atom is 0.167 e. The van der Waals surface area contributed by atoms with Crippen LogP contribution in [0.4, 0.5) is 0 Å². The van der Waals surface area contributed by atoms with Gasteiger partial charge in [-0.1, -0.05) is 83.9 Å². The molecule has 0 aliphatic carbocycles. The molecule has 212 valence electrons. The number of nitrogens with zero attached hydrogens (tertiary/aromatic N) is 5. The van der Waals surface area contributed by atoms with E-state index in [1.54, 1.807) is 16.9 Å². The van der Waals surface area contributed by atoms with Crippen molar-refractivity contribution in [3.63, 3.8) is 0 Å². The van der Waals surface area contributed by atoms with Crippen molar-refractivity contribution in [3.8, 4) is 11.8 Å². The van der Waals surface area contributed by atoms with E-state index in [-0.39, 0.29) is 5.78 Å². The number of piperazine rings is 1. The summed E-state index contributed by atoms with van der Waals surface area (Å²) in [5, 5.41) is 4.28. The van der Waals surface area contributed by atoms with Gasteiger partial charge >= 0.3 is 0 Å². The summed E-state index contributed by atoms with van der Waals surface area (Å²) >= 11 is 0. The second-order valence-electron chi connectivity index (χ2n) is 8.76. The Morgan fingerprint density at radius 3 is 2.20 bits per heavy atom. The first-order valence-electron chi connectivity index (χ1n) is 14.6. The molecule has 0 atom stereocenters. The highest BCUT2D eigenvalue weighted by atomic mass is 16.1. The number of Topliss-reactive ketones (excluding diaryl/α,β-unsaturated/α-hetero) is 1. The summed E-state index contributed by atoms with van der Waals surface area (Å²) in [6.45, 7) is 17.4. The van der Waals surface area contributed by atoms with E-state index in [0.29, 0.717) is 17.7 Å². The van der Waals surface area contributed by atoms with Crippen LogP contribution in [0.5, 0.6) is 0 Å². The standard InChI is InChI=1S/C28H27N5O.3C2H6/c1-31-14-16-32(17-15-31)21-24-9-7-23(8-10-24)19-27(34)25-5-2-4-22(18-25)11-12-26-20-29-28-6-3-13-30-33(26)28;3*1-2/h2-10,13,18,20H,14-17,19,21H2,1H3;3*1-2H3. The van der Waals surface area contributed by atoms with E-state index in [4.69, 9.17) is 0 Å². The summed E-state index contributed by atoms with van der Waals surface area (Å²) in [5.74, 6) is 6.34. The van der Waals surface area contributed by atoms with E-state index >= 15 is 0 Å². The number of hydrogen-bond acceptors (Lipinski definition) is 5. The van der Waals surface area contributed by atoms with Gasteiger partial charge in [-0.25, -0.2) is 9.50 Å². The van der Waals surface area contributed by atoms with Gasteiger partial charge in [0, 0.05) is 56.5 Å². The first kappa shape index (κ1) is 32.4. The van der Waals surface area contributed by atoms with Crippen molar-refractivity contribution in [3.05, 3.63) is 101 Å². The molecular formula is C34H45N5O. The van der Waals surface area contributed by atoms with Crippen molar-refractivity contribution >= 4 is 11.4 Å². The van der Waals surface area contributed by atoms with Gasteiger partial charge in [0.05, 0.1) is 6.20 Å². The molecule has 0 unspecified atom stereocenters. The smallest absolute Gasteiger partial charge is 0.167 e. The van der Waals surface area contributed by atoms with Gasteiger partial charge in [-0.3, -0.25) is 9.69 Å². The monoisotopic (exact) mass is 539 g/mol. The summed E-state index contributed by atoms with van der Waals surface area (Å²) in [4.78, 5) is 22.1. The van der Waals surface area contributed by atoms with Crippen LogP contribution >= 0.6 is 0 Å². The molecule has 1 aliphatic heterocycles. The quantitative estimate of drug-likeness (QED) is 0.218. The summed E-state index contributed by atoms with van der Waals surface area (Å²) < 4.78 is 1.70. The van der Waals surface area contributed by atoms with Crippen LogP contribution in [0.1, 0.15) is 74.3 Å². The zero-order chi connectivity index (χ0) is 29.3. The lowest BCUT2D eigenvalue weighted by Gasteiger charge is -2.32. The summed E-state index contributed by atoms with van der Waals surface area (Å²) in [7, 11) is 2.17. The second-order valence-corrected chi connectivity index (χ2v) is 8.76. The van der Waals surface area contributed by atoms with Crippen molar-refractivity contribution in [2.45, 2.75) is 54.5 Å². The maximum absolute atomic E-state index is 12.9. The Balaban J connectivity index is 0.000000876. The van der Waals surface area contributed by atoms with Gasteiger partial charge in [-0.15, -0.1) is 0 Å². The van der Waals surface area contributed by atoms with Crippen molar-refractivity contribution in [1.29, 1.82) is 0 Å². The van der Waals surface area contributed by atoms with Crippen LogP contribution < -0.4 is 0 Å². The molecule has 0 bridgehead atoms. The van der Waals surface area contributed by atoms with Crippen LogP contribution in [0, 0.1) is 11.8 Å². The van der Waals surface area contributed by atoms with Gasteiger partial charge in [0.25, 0.3) is 0 Å². The zero-order valence-corrected chi connectivity index (χ0v) is 25.3. The summed E-state index contributed by atoms with van der Waals surface area (Å²) in [5.41, 5.74) is 5.25. The van der Waals surface area contributed by atoms with E-state index in [1.807, 2.05) is 77.9 Å². The minimum Gasteiger partial charge on any atom is -0.304 e. The highest BCUT2D eigenvalue weighted by Gasteiger charge is 2.14. The number of hydrogen-bond donors (Lipinski definition) is 0. The number of fused-ring (bicyclic) bond motifs is 1. The lowest BCUT2D eigenvalue weighted by molar-refractivity contribution is 0.0993. The number of ketones is 1. The highest BCUT2D eigenvalue weighted by molar-refractivity contribution is 5.97. The number of benzene rings is 2. The molecule has 0 N–H and O–H groups in total. The average molecular weight is 540 g/mol. The summed E-state index contributed by atoms with van der Waals surface area (Å²) in [6, 6.07) is 19.7. The molecule has 0 amide bonds. The number of aromatic nitrogens is 3. The van der Waals surface area contributed by atoms with E-state index < -0.39 is 0 Å². The van der Waals surface area contributed by atoms with Crippen LogP contribution in [0.2, 0.25) is 0 Å². The molecule has 4 aromatic rings. The minimum absolute atomic E-state index is 0.0898. The average Bonchev–Trinajstić information content (AvgIpc) is 3.44. The molecule has 3 heterocycles. The predicted molar refractivity (Wildman–Crippen MR) is 167 cm³/mol. The van der Waals surface area contributed by atoms with Crippen LogP contribution in [-0.2, 0) is 13.0 Å². The molecule has 1 fully saturated rings. The van der Waals surface area contributed by atoms with Gasteiger partial charge in [-0.2, -0.15) is 5.10 Å². The van der Waals surface area contributed by atoms with Crippen molar-refractivity contribution in [2.24, 2.45) is 0 Å². The molecule has 1 aliphatic rings. The molecule has 5 rings (SSSR count). The van der Waals surface area contributed by atoms with Crippen molar-refractivity contribution in [1.82, 2.24) is 24.4 Å². The Morgan fingerprint density at radius 2 is 1.50 bits per heavy atom. The topological polar surface area (TPSA) is 53.7 Å². The molecule has 1 saturated heterocycles. The highest BCUT2D eigenvalue weighted by Crippen LogP contribution is 2.13. The fraction of sp³-hybridized carbons (Fsp3) is 0.382. The SMILES string of the molecule is CC.CC.CC.CN1CCN(Cc2ccc(CC(=O)c3cccc(C#Cc4cnc5cccnn45)c3)cc2)CC1. The minimum atomic E-state index is 0.0898. The fourth-order valence-corrected chi connectivity index (χ4v) is 4.14. The third-order valence-corrected chi connectivity index (χ3v) is 6.19. The molecule has 6 nitrogen and oxygen atoms in total. The van der Waals surface area contributed by atoms with Crippen LogP contribution in [0.15, 0.2) is 73.1 Å². The van der Waals surface area contributed by atoms with Gasteiger partial charge in [0.1, 0.15) is 5.69 Å². The normalized spacial score (nSPS) is 12.9. The van der Waals surface area contributed by atoms with Gasteiger partial charge in [0.2, 0.25) is 0 Å². The van der Waals surface area contributed by atoms with E-state index in [0.717, 1.165) is 49.5 Å². The number of likely N-dealkylation sites (N-methyl/N-ethyl adjacent to an activating group) is 1. The van der Waals surface area contributed by atoms with E-state index in [9.17, 15) is 4.79 Å². The third kappa shape index (κ3) is 9.44. The third-order valence-electron chi connectivity index (χ3n) is 6.19. The molecule has 2 aromatic heterocycles. The summed E-state index contributed by atoms with van der Waals surface area (Å²) in [6.07, 6.45) is 3.79. The Bertz CT molecular complexity index is 1360. The van der Waals surface area contributed by atoms with Crippen LogP contribution in [-0.4, -0.2) is 63.4 Å². The molecule has 0 saturated carbocycles. The van der Waals surface area contributed by atoms with Crippen LogP contribution in [0.3, 0.4) is 0 Å². The Labute approximate surface area is 241 Å². The van der Waals surface area contributed by atoms with Gasteiger partial charge in [-0.05, 0) is 48.4 Å². The van der Waals surface area contributed by atoms with Gasteiger partial charge < -0.3 is 4.90 Å². The largest absolute Gasteiger partial charge is 0.304 e. The van der Waals surface area contributed by atoms with Crippen molar-refractivity contribution in [2.75, 3.05) is 33.2 Å². The molecule has 0 spiro atoms. The van der Waals surface area contributed by atoms with Crippen LogP contribution in [0.25, 0.3) is 5.65 Å². The first-order chi connectivity index (χ1) is 19.6. The molecule has 6 heteroatoms. The lowest BCUT2D eigenvalue weighted by Crippen LogP contribution is -2.43. The number of carbonyl (C=O) groups excluding carboxylic acids is 1. The molecular weight excluding hydrogens is 494 g/mol. The molecule has 40 heavy (non-hydrogen) atoms. The van der Waals surface area contributed by atoms with E-state index in [2.05, 4.69) is 63.0 Å². The van der Waals surface area contributed by atoms with Crippen molar-refractivity contribution < 1.29 is 4.79 Å². The number of imidazole rings is 1. The maximum atomic E-state index is 12.9. The Hall–Kier alpha value is -3.79. The zero-order valence-electron chi connectivity index (χ0n) is 25.3. The van der Waals surface area contributed by atoms with Gasteiger partial charge in [0.15, 0.2) is 11.4 Å². The number of carbonyl (C=O) groups is 1. The molecule has 2 aromatic carbocycles. The fourth-order valence-electron chi connectivity index (χ4n) is 4.14. The Morgan fingerprint density at radius 1 is 0.825 bits per heavy atom. The lowest BCUT2D eigenvalue weighted by atomic mass is 10.0.